The highest BCUT2D eigenvalue weighted by Gasteiger charge is 2.30. The van der Waals surface area contributed by atoms with E-state index in [0.717, 1.165) is 12.2 Å². The zero-order valence-electron chi connectivity index (χ0n) is 8.24. The third kappa shape index (κ3) is 1.27. The topological polar surface area (TPSA) is 38.0 Å². The van der Waals surface area contributed by atoms with Crippen molar-refractivity contribution in [2.24, 2.45) is 0 Å². The Morgan fingerprint density at radius 1 is 1.27 bits per heavy atom. The summed E-state index contributed by atoms with van der Waals surface area (Å²) in [6, 6.07) is 10.5. The van der Waals surface area contributed by atoms with Gasteiger partial charge in [0.2, 0.25) is 0 Å². The summed E-state index contributed by atoms with van der Waals surface area (Å²) in [5, 5.41) is 9.82. The minimum atomic E-state index is -0.426. The fourth-order valence-electron chi connectivity index (χ4n) is 2.25. The van der Waals surface area contributed by atoms with Crippen molar-refractivity contribution in [3.05, 3.63) is 54.1 Å². The highest BCUT2D eigenvalue weighted by molar-refractivity contribution is 5.24. The summed E-state index contributed by atoms with van der Waals surface area (Å²) < 4.78 is 2.06. The smallest absolute Gasteiger partial charge is 0.138 e. The van der Waals surface area contributed by atoms with Gasteiger partial charge < -0.3 is 9.67 Å². The average Bonchev–Trinajstić information content (AvgIpc) is 2.84. The Bertz CT molecular complexity index is 463. The molecular weight excluding hydrogens is 188 g/mol. The van der Waals surface area contributed by atoms with E-state index in [1.165, 1.54) is 5.56 Å². The molecule has 1 aliphatic heterocycles. The lowest BCUT2D eigenvalue weighted by atomic mass is 10.0. The van der Waals surface area contributed by atoms with Crippen LogP contribution in [0.15, 0.2) is 42.7 Å². The molecule has 0 saturated heterocycles. The molecule has 0 spiro atoms. The van der Waals surface area contributed by atoms with E-state index in [-0.39, 0.29) is 6.04 Å². The van der Waals surface area contributed by atoms with Gasteiger partial charge in [-0.2, -0.15) is 0 Å². The molecule has 0 bridgehead atoms. The van der Waals surface area contributed by atoms with Gasteiger partial charge in [0, 0.05) is 18.8 Å². The van der Waals surface area contributed by atoms with Crippen molar-refractivity contribution in [3.8, 4) is 0 Å². The van der Waals surface area contributed by atoms with Crippen molar-refractivity contribution in [1.29, 1.82) is 0 Å². The van der Waals surface area contributed by atoms with Crippen LogP contribution in [-0.2, 0) is 0 Å². The number of fused-ring (bicyclic) bond motifs is 1. The van der Waals surface area contributed by atoms with Crippen LogP contribution in [0, 0.1) is 0 Å². The van der Waals surface area contributed by atoms with Gasteiger partial charge in [0.1, 0.15) is 11.9 Å². The van der Waals surface area contributed by atoms with Gasteiger partial charge in [-0.15, -0.1) is 0 Å². The number of rotatable bonds is 1. The molecule has 3 rings (SSSR count). The molecule has 0 fully saturated rings. The van der Waals surface area contributed by atoms with Crippen LogP contribution in [-0.4, -0.2) is 14.7 Å². The van der Waals surface area contributed by atoms with E-state index >= 15 is 0 Å². The van der Waals surface area contributed by atoms with Crippen LogP contribution in [0.3, 0.4) is 0 Å². The Labute approximate surface area is 88.0 Å². The Balaban J connectivity index is 2.05. The molecule has 2 heterocycles. The van der Waals surface area contributed by atoms with E-state index in [4.69, 9.17) is 0 Å². The van der Waals surface area contributed by atoms with Gasteiger partial charge in [0.15, 0.2) is 0 Å². The lowest BCUT2D eigenvalue weighted by Gasteiger charge is -2.12. The molecule has 3 nitrogen and oxygen atoms in total. The highest BCUT2D eigenvalue weighted by Crippen LogP contribution is 2.36. The summed E-state index contributed by atoms with van der Waals surface area (Å²) in [6.07, 6.45) is 3.98. The summed E-state index contributed by atoms with van der Waals surface area (Å²) >= 11 is 0. The first-order valence-corrected chi connectivity index (χ1v) is 5.12. The maximum absolute atomic E-state index is 9.82. The first-order valence-electron chi connectivity index (χ1n) is 5.12. The van der Waals surface area contributed by atoms with Crippen molar-refractivity contribution in [2.75, 3.05) is 0 Å². The fourth-order valence-corrected chi connectivity index (χ4v) is 2.25. The number of aromatic nitrogens is 2. The SMILES string of the molecule is O[C@@H]1C[C@@H](c2ccccc2)n2ccnc21. The molecule has 0 unspecified atom stereocenters. The van der Waals surface area contributed by atoms with E-state index in [9.17, 15) is 5.11 Å². The van der Waals surface area contributed by atoms with Crippen LogP contribution >= 0.6 is 0 Å². The highest BCUT2D eigenvalue weighted by atomic mass is 16.3. The van der Waals surface area contributed by atoms with Gasteiger partial charge in [-0.25, -0.2) is 4.98 Å². The van der Waals surface area contributed by atoms with Crippen LogP contribution < -0.4 is 0 Å². The third-order valence-corrected chi connectivity index (χ3v) is 2.96. The molecule has 1 N–H and O–H groups in total. The molecular formula is C12H12N2O. The zero-order chi connectivity index (χ0) is 10.3. The van der Waals surface area contributed by atoms with Crippen molar-refractivity contribution >= 4 is 0 Å². The molecule has 0 radical (unpaired) electrons. The molecule has 76 valence electrons. The fraction of sp³-hybridized carbons (Fsp3) is 0.250. The molecule has 1 aromatic heterocycles. The second-order valence-electron chi connectivity index (χ2n) is 3.87. The predicted molar refractivity (Wildman–Crippen MR) is 56.4 cm³/mol. The lowest BCUT2D eigenvalue weighted by Crippen LogP contribution is -2.03. The standard InChI is InChI=1S/C12H12N2O/c15-11-8-10(9-4-2-1-3-5-9)14-7-6-13-12(11)14/h1-7,10-11,15H,8H2/t10-,11+/m0/s1. The first-order chi connectivity index (χ1) is 7.36. The average molecular weight is 200 g/mol. The zero-order valence-corrected chi connectivity index (χ0v) is 8.24. The number of hydrogen-bond acceptors (Lipinski definition) is 2. The molecule has 0 aliphatic carbocycles. The summed E-state index contributed by atoms with van der Waals surface area (Å²) in [6.45, 7) is 0. The minimum absolute atomic E-state index is 0.235. The van der Waals surface area contributed by atoms with E-state index in [0.29, 0.717) is 0 Å². The predicted octanol–water partition coefficient (Wildman–Crippen LogP) is 1.91. The molecule has 1 aliphatic rings. The van der Waals surface area contributed by atoms with Crippen molar-refractivity contribution in [3.63, 3.8) is 0 Å². The maximum atomic E-state index is 9.82. The second kappa shape index (κ2) is 3.21. The third-order valence-electron chi connectivity index (χ3n) is 2.96. The molecule has 1 aromatic carbocycles. The Morgan fingerprint density at radius 2 is 2.07 bits per heavy atom. The number of hydrogen-bond donors (Lipinski definition) is 1. The summed E-state index contributed by atoms with van der Waals surface area (Å²) in [4.78, 5) is 4.17. The molecule has 0 amide bonds. The van der Waals surface area contributed by atoms with Gasteiger partial charge in [0.05, 0.1) is 6.04 Å². The van der Waals surface area contributed by atoms with Gasteiger partial charge >= 0.3 is 0 Å². The largest absolute Gasteiger partial charge is 0.385 e. The van der Waals surface area contributed by atoms with E-state index in [1.54, 1.807) is 6.20 Å². The van der Waals surface area contributed by atoms with Crippen LogP contribution in [0.4, 0.5) is 0 Å². The maximum Gasteiger partial charge on any atom is 0.138 e. The van der Waals surface area contributed by atoms with Crippen molar-refractivity contribution < 1.29 is 5.11 Å². The first kappa shape index (κ1) is 8.68. The Morgan fingerprint density at radius 3 is 2.87 bits per heavy atom. The summed E-state index contributed by atoms with van der Waals surface area (Å²) in [5.74, 6) is 0.781. The van der Waals surface area contributed by atoms with E-state index < -0.39 is 6.10 Å². The van der Waals surface area contributed by atoms with Crippen LogP contribution in [0.25, 0.3) is 0 Å². The number of benzene rings is 1. The molecule has 2 aromatic rings. The van der Waals surface area contributed by atoms with Gasteiger partial charge in [0.25, 0.3) is 0 Å². The van der Waals surface area contributed by atoms with Crippen LogP contribution in [0.2, 0.25) is 0 Å². The van der Waals surface area contributed by atoms with Crippen molar-refractivity contribution in [2.45, 2.75) is 18.6 Å². The van der Waals surface area contributed by atoms with E-state index in [2.05, 4.69) is 21.7 Å². The van der Waals surface area contributed by atoms with E-state index in [1.807, 2.05) is 24.4 Å². The van der Waals surface area contributed by atoms with Gasteiger partial charge in [-0.1, -0.05) is 30.3 Å². The van der Waals surface area contributed by atoms with Gasteiger partial charge in [-0.3, -0.25) is 0 Å². The quantitative estimate of drug-likeness (QED) is 0.763. The Hall–Kier alpha value is -1.61. The molecule has 15 heavy (non-hydrogen) atoms. The number of nitrogens with zero attached hydrogens (tertiary/aromatic N) is 2. The van der Waals surface area contributed by atoms with Crippen LogP contribution in [0.5, 0.6) is 0 Å². The summed E-state index contributed by atoms with van der Waals surface area (Å²) in [7, 11) is 0. The Kier molecular flexibility index (Phi) is 1.86. The molecule has 0 saturated carbocycles. The number of imidazole rings is 1. The minimum Gasteiger partial charge on any atom is -0.385 e. The van der Waals surface area contributed by atoms with Gasteiger partial charge in [-0.05, 0) is 5.56 Å². The number of aliphatic hydroxyl groups excluding tert-OH is 1. The van der Waals surface area contributed by atoms with Crippen LogP contribution in [0.1, 0.15) is 30.0 Å². The number of aliphatic hydroxyl groups is 1. The monoisotopic (exact) mass is 200 g/mol. The molecule has 3 heteroatoms. The second-order valence-corrected chi connectivity index (χ2v) is 3.87. The lowest BCUT2D eigenvalue weighted by molar-refractivity contribution is 0.172. The van der Waals surface area contributed by atoms with Crippen molar-refractivity contribution in [1.82, 2.24) is 9.55 Å². The summed E-state index contributed by atoms with van der Waals surface area (Å²) in [5.41, 5.74) is 1.23. The molecule has 2 atom stereocenters. The normalized spacial score (nSPS) is 24.1.